The molecule has 34 heavy (non-hydrogen) atoms. The van der Waals surface area contributed by atoms with E-state index in [4.69, 9.17) is 4.98 Å². The number of halogens is 3. The molecule has 11 heteroatoms. The number of alkyl halides is 3. The molecule has 3 aromatic heterocycles. The van der Waals surface area contributed by atoms with Crippen LogP contribution in [0, 0.1) is 11.8 Å². The minimum Gasteiger partial charge on any atom is -0.406 e. The molecule has 0 aromatic carbocycles. The zero-order valence-corrected chi connectivity index (χ0v) is 18.3. The number of rotatable bonds is 6. The van der Waals surface area contributed by atoms with Gasteiger partial charge < -0.3 is 20.3 Å². The molecule has 0 amide bonds. The molecule has 2 aliphatic rings. The third-order valence-corrected chi connectivity index (χ3v) is 6.14. The number of pyridine rings is 2. The third kappa shape index (κ3) is 5.36. The van der Waals surface area contributed by atoms with Gasteiger partial charge in [-0.15, -0.1) is 13.2 Å². The fourth-order valence-corrected chi connectivity index (χ4v) is 4.41. The number of hydrogen-bond donors (Lipinski definition) is 2. The molecular formula is C23H24F3N7O. The van der Waals surface area contributed by atoms with Gasteiger partial charge in [0.05, 0.1) is 0 Å². The molecule has 2 saturated heterocycles. The lowest BCUT2D eigenvalue weighted by Crippen LogP contribution is -2.52. The summed E-state index contributed by atoms with van der Waals surface area (Å²) < 4.78 is 41.8. The Balaban J connectivity index is 1.38. The Morgan fingerprint density at radius 2 is 1.82 bits per heavy atom. The molecule has 5 heterocycles. The Morgan fingerprint density at radius 3 is 2.56 bits per heavy atom. The summed E-state index contributed by atoms with van der Waals surface area (Å²) >= 11 is 0. The van der Waals surface area contributed by atoms with Crippen LogP contribution in [0.25, 0.3) is 11.4 Å². The molecule has 2 aliphatic heterocycles. The Bertz CT molecular complexity index is 1120. The SMILES string of the molecule is FC(F)(F)Oc1ccnc(Nc2cc(N3CC(C4CCNCC4)C3)nc(-c3cccnc3)n2)c1. The Labute approximate surface area is 194 Å². The molecule has 0 spiro atoms. The second kappa shape index (κ2) is 9.41. The monoisotopic (exact) mass is 471 g/mol. The number of nitrogens with one attached hydrogen (secondary N) is 2. The number of nitrogens with zero attached hydrogens (tertiary/aromatic N) is 5. The topological polar surface area (TPSA) is 88.1 Å². The maximum atomic E-state index is 12.6. The van der Waals surface area contributed by atoms with Crippen LogP contribution in [-0.4, -0.2) is 52.5 Å². The van der Waals surface area contributed by atoms with Crippen LogP contribution in [-0.2, 0) is 0 Å². The number of piperidine rings is 1. The lowest BCUT2D eigenvalue weighted by molar-refractivity contribution is -0.274. The van der Waals surface area contributed by atoms with E-state index < -0.39 is 6.36 Å². The second-order valence-corrected chi connectivity index (χ2v) is 8.48. The van der Waals surface area contributed by atoms with E-state index in [0.717, 1.165) is 49.5 Å². The maximum absolute atomic E-state index is 12.6. The summed E-state index contributed by atoms with van der Waals surface area (Å²) in [5, 5.41) is 6.40. The Morgan fingerprint density at radius 1 is 1.00 bits per heavy atom. The summed E-state index contributed by atoms with van der Waals surface area (Å²) in [5.41, 5.74) is 0.741. The van der Waals surface area contributed by atoms with E-state index in [2.05, 4.69) is 35.2 Å². The summed E-state index contributed by atoms with van der Waals surface area (Å²) in [5.74, 6) is 2.82. The third-order valence-electron chi connectivity index (χ3n) is 6.14. The number of anilines is 3. The first-order chi connectivity index (χ1) is 16.4. The van der Waals surface area contributed by atoms with Crippen molar-refractivity contribution in [3.8, 4) is 17.1 Å². The number of aromatic nitrogens is 4. The number of hydrogen-bond acceptors (Lipinski definition) is 8. The molecule has 2 fully saturated rings. The van der Waals surface area contributed by atoms with Crippen molar-refractivity contribution in [1.29, 1.82) is 0 Å². The summed E-state index contributed by atoms with van der Waals surface area (Å²) in [6.45, 7) is 3.97. The first-order valence-electron chi connectivity index (χ1n) is 11.2. The molecule has 0 bridgehead atoms. The van der Waals surface area contributed by atoms with Crippen molar-refractivity contribution >= 4 is 17.5 Å². The smallest absolute Gasteiger partial charge is 0.406 e. The van der Waals surface area contributed by atoms with Crippen molar-refractivity contribution in [1.82, 2.24) is 25.3 Å². The zero-order valence-electron chi connectivity index (χ0n) is 18.3. The zero-order chi connectivity index (χ0) is 23.5. The molecule has 0 unspecified atom stereocenters. The van der Waals surface area contributed by atoms with Gasteiger partial charge >= 0.3 is 6.36 Å². The highest BCUT2D eigenvalue weighted by Crippen LogP contribution is 2.34. The lowest BCUT2D eigenvalue weighted by atomic mass is 9.80. The summed E-state index contributed by atoms with van der Waals surface area (Å²) in [7, 11) is 0. The highest BCUT2D eigenvalue weighted by molar-refractivity contribution is 5.64. The van der Waals surface area contributed by atoms with Crippen LogP contribution < -0.4 is 20.3 Å². The minimum atomic E-state index is -4.78. The molecule has 8 nitrogen and oxygen atoms in total. The molecule has 2 N–H and O–H groups in total. The van der Waals surface area contributed by atoms with Gasteiger partial charge in [0.25, 0.3) is 0 Å². The molecule has 3 aromatic rings. The van der Waals surface area contributed by atoms with E-state index in [1.807, 2.05) is 6.07 Å². The fourth-order valence-electron chi connectivity index (χ4n) is 4.41. The lowest BCUT2D eigenvalue weighted by Gasteiger charge is -2.45. The average Bonchev–Trinajstić information content (AvgIpc) is 2.78. The first kappa shape index (κ1) is 22.3. The normalized spacial score (nSPS) is 17.3. The maximum Gasteiger partial charge on any atom is 0.573 e. The highest BCUT2D eigenvalue weighted by atomic mass is 19.4. The predicted molar refractivity (Wildman–Crippen MR) is 121 cm³/mol. The molecule has 0 radical (unpaired) electrons. The van der Waals surface area contributed by atoms with Gasteiger partial charge in [-0.25, -0.2) is 15.0 Å². The molecule has 178 valence electrons. The molecule has 0 saturated carbocycles. The van der Waals surface area contributed by atoms with Gasteiger partial charge in [0.1, 0.15) is 23.2 Å². The average molecular weight is 471 g/mol. The van der Waals surface area contributed by atoms with Gasteiger partial charge in [-0.3, -0.25) is 4.98 Å². The van der Waals surface area contributed by atoms with Crippen molar-refractivity contribution in [2.75, 3.05) is 36.4 Å². The van der Waals surface area contributed by atoms with Gasteiger partial charge in [0.2, 0.25) is 0 Å². The van der Waals surface area contributed by atoms with Gasteiger partial charge in [-0.05, 0) is 56.0 Å². The Kier molecular flexibility index (Phi) is 6.18. The van der Waals surface area contributed by atoms with E-state index in [9.17, 15) is 13.2 Å². The summed E-state index contributed by atoms with van der Waals surface area (Å²) in [6.07, 6.45) is 2.19. The fraction of sp³-hybridized carbons (Fsp3) is 0.391. The van der Waals surface area contributed by atoms with Crippen LogP contribution in [0.4, 0.5) is 30.6 Å². The van der Waals surface area contributed by atoms with E-state index in [1.54, 1.807) is 24.5 Å². The van der Waals surface area contributed by atoms with Crippen LogP contribution in [0.3, 0.4) is 0 Å². The van der Waals surface area contributed by atoms with Crippen LogP contribution in [0.1, 0.15) is 12.8 Å². The van der Waals surface area contributed by atoms with Crippen molar-refractivity contribution in [2.24, 2.45) is 11.8 Å². The largest absolute Gasteiger partial charge is 0.573 e. The molecule has 0 atom stereocenters. The van der Waals surface area contributed by atoms with Crippen LogP contribution in [0.5, 0.6) is 5.75 Å². The quantitative estimate of drug-likeness (QED) is 0.558. The van der Waals surface area contributed by atoms with Gasteiger partial charge in [-0.1, -0.05) is 0 Å². The first-order valence-corrected chi connectivity index (χ1v) is 11.2. The van der Waals surface area contributed by atoms with Gasteiger partial charge in [0, 0.05) is 49.4 Å². The summed E-state index contributed by atoms with van der Waals surface area (Å²) in [6, 6.07) is 7.77. The van der Waals surface area contributed by atoms with Gasteiger partial charge in [0.15, 0.2) is 5.82 Å². The molecule has 0 aliphatic carbocycles. The minimum absolute atomic E-state index is 0.180. The molecule has 5 rings (SSSR count). The van der Waals surface area contributed by atoms with Crippen LogP contribution >= 0.6 is 0 Å². The van der Waals surface area contributed by atoms with E-state index in [-0.39, 0.29) is 11.6 Å². The number of ether oxygens (including phenoxy) is 1. The predicted octanol–water partition coefficient (Wildman–Crippen LogP) is 4.01. The van der Waals surface area contributed by atoms with Crippen LogP contribution in [0.15, 0.2) is 48.9 Å². The van der Waals surface area contributed by atoms with E-state index >= 15 is 0 Å². The van der Waals surface area contributed by atoms with Crippen molar-refractivity contribution < 1.29 is 17.9 Å². The summed E-state index contributed by atoms with van der Waals surface area (Å²) in [4.78, 5) is 19.7. The highest BCUT2D eigenvalue weighted by Gasteiger charge is 2.35. The van der Waals surface area contributed by atoms with Crippen molar-refractivity contribution in [2.45, 2.75) is 19.2 Å². The van der Waals surface area contributed by atoms with Gasteiger partial charge in [-0.2, -0.15) is 0 Å². The standard InChI is InChI=1S/C23H24F3N7O/c24-23(25,26)34-18-5-9-29-19(10-18)30-20-11-21(32-22(31-20)16-2-1-6-28-12-16)33-13-17(14-33)15-3-7-27-8-4-15/h1-2,5-6,9-12,15,17,27H,3-4,7-8,13-14H2,(H,29,30,31,32). The van der Waals surface area contributed by atoms with Crippen LogP contribution in [0.2, 0.25) is 0 Å². The van der Waals surface area contributed by atoms with Crippen molar-refractivity contribution in [3.05, 3.63) is 48.9 Å². The van der Waals surface area contributed by atoms with E-state index in [0.29, 0.717) is 17.6 Å². The second-order valence-electron chi connectivity index (χ2n) is 8.48. The Hall–Kier alpha value is -3.47. The van der Waals surface area contributed by atoms with Crippen molar-refractivity contribution in [3.63, 3.8) is 0 Å². The molecular weight excluding hydrogens is 447 g/mol. The van der Waals surface area contributed by atoms with E-state index in [1.165, 1.54) is 25.1 Å².